The lowest BCUT2D eigenvalue weighted by Crippen LogP contribution is -2.46. The Morgan fingerprint density at radius 1 is 1.10 bits per heavy atom. The third-order valence-electron chi connectivity index (χ3n) is 2.93. The zero-order chi connectivity index (χ0) is 15.4. The van der Waals surface area contributed by atoms with E-state index in [0.717, 1.165) is 24.0 Å². The highest BCUT2D eigenvalue weighted by Crippen LogP contribution is 2.20. The Hall–Kier alpha value is 0.117. The zero-order valence-corrected chi connectivity index (χ0v) is 15.4. The minimum Gasteiger partial charge on any atom is -0.374 e. The topological polar surface area (TPSA) is 44.8 Å². The lowest BCUT2D eigenvalue weighted by molar-refractivity contribution is -0.119. The van der Waals surface area contributed by atoms with Crippen LogP contribution in [0.1, 0.15) is 41.0 Å². The van der Waals surface area contributed by atoms with E-state index in [1.54, 1.807) is 6.92 Å². The zero-order valence-electron chi connectivity index (χ0n) is 13.6. The van der Waals surface area contributed by atoms with Crippen molar-refractivity contribution < 1.29 is 18.1 Å². The number of rotatable bonds is 13. The molecule has 0 aliphatic heterocycles. The molecule has 0 bridgehead atoms. The first-order valence-electron chi connectivity index (χ1n) is 7.51. The fraction of sp³-hybridized carbons (Fsp3) is 0.929. The summed E-state index contributed by atoms with van der Waals surface area (Å²) in [5.41, 5.74) is 0. The molecule has 0 radical (unpaired) electrons. The highest BCUT2D eigenvalue weighted by molar-refractivity contribution is 7.99. The summed E-state index contributed by atoms with van der Waals surface area (Å²) in [6, 6.07) is 0.851. The van der Waals surface area contributed by atoms with Crippen LogP contribution in [0.3, 0.4) is 0 Å². The second kappa shape index (κ2) is 11.7. The predicted octanol–water partition coefficient (Wildman–Crippen LogP) is 3.38. The molecule has 0 saturated heterocycles. The second-order valence-electron chi connectivity index (χ2n) is 4.67. The highest BCUT2D eigenvalue weighted by Gasteiger charge is 2.39. The molecule has 1 unspecified atom stereocenters. The van der Waals surface area contributed by atoms with E-state index in [9.17, 15) is 4.79 Å². The second-order valence-corrected chi connectivity index (χ2v) is 8.55. The molecule has 4 nitrogen and oxygen atoms in total. The molecule has 0 N–H and O–H groups in total. The van der Waals surface area contributed by atoms with Gasteiger partial charge in [-0.3, -0.25) is 4.79 Å². The molecule has 1 atom stereocenters. The van der Waals surface area contributed by atoms with E-state index in [0.29, 0.717) is 19.8 Å². The Bertz CT molecular complexity index is 247. The first-order chi connectivity index (χ1) is 9.51. The maximum absolute atomic E-state index is 11.2. The number of carbonyl (C=O) groups excluding carboxylic acids is 1. The molecule has 0 aliphatic rings. The Kier molecular flexibility index (Phi) is 11.8. The highest BCUT2D eigenvalue weighted by atomic mass is 32.2. The number of hydrogen-bond donors (Lipinski definition) is 0. The van der Waals surface area contributed by atoms with Gasteiger partial charge in [0.2, 0.25) is 0 Å². The van der Waals surface area contributed by atoms with Gasteiger partial charge in [0.1, 0.15) is 5.78 Å². The van der Waals surface area contributed by atoms with Gasteiger partial charge >= 0.3 is 8.80 Å². The van der Waals surface area contributed by atoms with Gasteiger partial charge in [0, 0.05) is 37.5 Å². The molecule has 0 aromatic rings. The molecule has 0 heterocycles. The number of thioether (sulfide) groups is 1. The van der Waals surface area contributed by atoms with E-state index in [1.165, 1.54) is 0 Å². The van der Waals surface area contributed by atoms with Gasteiger partial charge in [0.25, 0.3) is 0 Å². The van der Waals surface area contributed by atoms with Gasteiger partial charge in [-0.25, -0.2) is 0 Å². The lowest BCUT2D eigenvalue weighted by Gasteiger charge is -2.28. The van der Waals surface area contributed by atoms with Crippen molar-refractivity contribution in [1.82, 2.24) is 0 Å². The summed E-state index contributed by atoms with van der Waals surface area (Å²) in [6.07, 6.45) is 1.00. The normalized spacial score (nSPS) is 13.4. The molecule has 0 fully saturated rings. The third-order valence-corrected chi connectivity index (χ3v) is 7.39. The minimum absolute atomic E-state index is 0.146. The monoisotopic (exact) mass is 322 g/mol. The summed E-state index contributed by atoms with van der Waals surface area (Å²) >= 11 is 1.82. The van der Waals surface area contributed by atoms with Crippen molar-refractivity contribution >= 4 is 26.3 Å². The van der Waals surface area contributed by atoms with Crippen molar-refractivity contribution in [3.8, 4) is 0 Å². The molecule has 0 amide bonds. The quantitative estimate of drug-likeness (QED) is 0.384. The first kappa shape index (κ1) is 20.1. The number of hydrogen-bond acceptors (Lipinski definition) is 5. The summed E-state index contributed by atoms with van der Waals surface area (Å²) in [4.78, 5) is 11.2. The summed E-state index contributed by atoms with van der Waals surface area (Å²) in [5, 5.41) is 0. The largest absolute Gasteiger partial charge is 0.500 e. The van der Waals surface area contributed by atoms with E-state index >= 15 is 0 Å². The lowest BCUT2D eigenvalue weighted by atomic mass is 10.1. The summed E-state index contributed by atoms with van der Waals surface area (Å²) in [6.45, 7) is 11.4. The van der Waals surface area contributed by atoms with Crippen molar-refractivity contribution in [3.05, 3.63) is 0 Å². The van der Waals surface area contributed by atoms with E-state index in [-0.39, 0.29) is 11.7 Å². The van der Waals surface area contributed by atoms with Gasteiger partial charge in [-0.15, -0.1) is 0 Å². The first-order valence-corrected chi connectivity index (χ1v) is 10.6. The van der Waals surface area contributed by atoms with Crippen LogP contribution in [0.2, 0.25) is 6.04 Å². The number of ketones is 1. The number of Topliss-reactive ketones (excluding diaryl/α,β-unsaturated/α-hetero) is 1. The molecule has 0 saturated carbocycles. The van der Waals surface area contributed by atoms with Gasteiger partial charge in [0.15, 0.2) is 0 Å². The molecule has 0 aromatic carbocycles. The van der Waals surface area contributed by atoms with Crippen LogP contribution in [-0.2, 0) is 18.1 Å². The summed E-state index contributed by atoms with van der Waals surface area (Å²) < 4.78 is 17.4. The van der Waals surface area contributed by atoms with Crippen molar-refractivity contribution in [3.63, 3.8) is 0 Å². The smallest absolute Gasteiger partial charge is 0.374 e. The van der Waals surface area contributed by atoms with Crippen molar-refractivity contribution in [2.45, 2.75) is 47.1 Å². The van der Waals surface area contributed by atoms with E-state index in [4.69, 9.17) is 13.3 Å². The Morgan fingerprint density at radius 2 is 1.60 bits per heavy atom. The van der Waals surface area contributed by atoms with Crippen LogP contribution >= 0.6 is 11.8 Å². The van der Waals surface area contributed by atoms with Gasteiger partial charge in [-0.05, 0) is 39.9 Å². The average molecular weight is 323 g/mol. The Morgan fingerprint density at radius 3 is 2.00 bits per heavy atom. The average Bonchev–Trinajstić information content (AvgIpc) is 2.39. The molecule has 6 heteroatoms. The van der Waals surface area contributed by atoms with Crippen LogP contribution in [0.15, 0.2) is 0 Å². The van der Waals surface area contributed by atoms with Crippen LogP contribution in [0, 0.1) is 5.92 Å². The van der Waals surface area contributed by atoms with Gasteiger partial charge in [-0.1, -0.05) is 6.92 Å². The maximum Gasteiger partial charge on any atom is 0.500 e. The molecule has 0 aromatic heterocycles. The number of carbonyl (C=O) groups is 1. The molecule has 20 heavy (non-hydrogen) atoms. The molecule has 0 rings (SSSR count). The van der Waals surface area contributed by atoms with Crippen LogP contribution in [0.5, 0.6) is 0 Å². The van der Waals surface area contributed by atoms with Crippen LogP contribution in [0.4, 0.5) is 0 Å². The molecular formula is C14H30O4SSi. The van der Waals surface area contributed by atoms with Crippen LogP contribution < -0.4 is 0 Å². The fourth-order valence-electron chi connectivity index (χ4n) is 1.77. The summed E-state index contributed by atoms with van der Waals surface area (Å²) in [7, 11) is -2.47. The Labute approximate surface area is 129 Å². The van der Waals surface area contributed by atoms with Crippen LogP contribution in [0.25, 0.3) is 0 Å². The molecular weight excluding hydrogens is 292 g/mol. The maximum atomic E-state index is 11.2. The van der Waals surface area contributed by atoms with Crippen molar-refractivity contribution in [1.29, 1.82) is 0 Å². The SMILES string of the molecule is CCO[Si](CCCSCC(C)C(C)=O)(OCC)OCC. The molecule has 0 aliphatic carbocycles. The van der Waals surface area contributed by atoms with Crippen LogP contribution in [-0.4, -0.2) is 45.9 Å². The van der Waals surface area contributed by atoms with Gasteiger partial charge in [-0.2, -0.15) is 11.8 Å². The summed E-state index contributed by atoms with van der Waals surface area (Å²) in [5.74, 6) is 2.31. The van der Waals surface area contributed by atoms with E-state index in [2.05, 4.69) is 0 Å². The standard InChI is InChI=1S/C14H30O4SSi/c1-6-16-20(17-7-2,18-8-3)11-9-10-19-12-13(4)14(5)15/h13H,6-12H2,1-5H3. The van der Waals surface area contributed by atoms with Gasteiger partial charge in [0.05, 0.1) is 0 Å². The van der Waals surface area contributed by atoms with Gasteiger partial charge < -0.3 is 13.3 Å². The van der Waals surface area contributed by atoms with Crippen molar-refractivity contribution in [2.75, 3.05) is 31.3 Å². The van der Waals surface area contributed by atoms with E-state index in [1.807, 2.05) is 39.5 Å². The Balaban J connectivity index is 4.09. The molecule has 120 valence electrons. The van der Waals surface area contributed by atoms with E-state index < -0.39 is 8.80 Å². The molecule has 0 spiro atoms. The van der Waals surface area contributed by atoms with Crippen molar-refractivity contribution in [2.24, 2.45) is 5.92 Å². The predicted molar refractivity (Wildman–Crippen MR) is 87.2 cm³/mol. The third kappa shape index (κ3) is 8.41. The minimum atomic E-state index is -2.47. The fourth-order valence-corrected chi connectivity index (χ4v) is 5.74.